The van der Waals surface area contributed by atoms with Crippen molar-refractivity contribution in [2.75, 3.05) is 5.32 Å². The van der Waals surface area contributed by atoms with Crippen LogP contribution in [0.15, 0.2) is 28.2 Å². The molecule has 9 heteroatoms. The number of nitrogens with one attached hydrogen (secondary N) is 2. The first-order chi connectivity index (χ1) is 10.4. The Morgan fingerprint density at radius 2 is 1.95 bits per heavy atom. The Morgan fingerprint density at radius 3 is 2.55 bits per heavy atom. The van der Waals surface area contributed by atoms with E-state index in [1.165, 1.54) is 19.9 Å². The van der Waals surface area contributed by atoms with Crippen LogP contribution < -0.4 is 10.9 Å². The van der Waals surface area contributed by atoms with Crippen molar-refractivity contribution in [2.24, 2.45) is 0 Å². The molecule has 0 aliphatic carbocycles. The highest BCUT2D eigenvalue weighted by Crippen LogP contribution is 2.22. The second kappa shape index (κ2) is 6.65. The van der Waals surface area contributed by atoms with Crippen molar-refractivity contribution in [2.45, 2.75) is 24.3 Å². The second-order valence-corrected chi connectivity index (χ2v) is 5.72. The van der Waals surface area contributed by atoms with Gasteiger partial charge in [-0.3, -0.25) is 14.6 Å². The number of rotatable bonds is 4. The maximum absolute atomic E-state index is 13.5. The van der Waals surface area contributed by atoms with Gasteiger partial charge in [0, 0.05) is 0 Å². The molecule has 1 aromatic carbocycles. The van der Waals surface area contributed by atoms with Crippen LogP contribution >= 0.6 is 11.8 Å². The van der Waals surface area contributed by atoms with E-state index in [0.29, 0.717) is 0 Å². The fourth-order valence-electron chi connectivity index (χ4n) is 1.49. The normalized spacial score (nSPS) is 12.0. The van der Waals surface area contributed by atoms with Crippen LogP contribution in [0, 0.1) is 18.6 Å². The molecule has 0 bridgehead atoms. The van der Waals surface area contributed by atoms with Crippen LogP contribution in [0.25, 0.3) is 0 Å². The number of halogens is 2. The molecule has 1 amide bonds. The van der Waals surface area contributed by atoms with E-state index >= 15 is 0 Å². The maximum Gasteiger partial charge on any atom is 0.273 e. The van der Waals surface area contributed by atoms with Gasteiger partial charge in [-0.25, -0.2) is 8.78 Å². The third-order valence-electron chi connectivity index (χ3n) is 2.71. The van der Waals surface area contributed by atoms with Gasteiger partial charge in [-0.05, 0) is 26.0 Å². The van der Waals surface area contributed by atoms with Gasteiger partial charge in [-0.15, -0.1) is 10.2 Å². The molecule has 0 radical (unpaired) electrons. The van der Waals surface area contributed by atoms with Gasteiger partial charge in [-0.1, -0.05) is 17.8 Å². The summed E-state index contributed by atoms with van der Waals surface area (Å²) in [5, 5.41) is 8.95. The molecule has 1 heterocycles. The number of hydrogen-bond acceptors (Lipinski definition) is 5. The quantitative estimate of drug-likeness (QED) is 0.838. The SMILES string of the molecule is Cc1nnc(SC(C)C(=O)Nc2c(F)cccc2F)[nH]c1=O. The van der Waals surface area contributed by atoms with E-state index in [1.54, 1.807) is 0 Å². The van der Waals surface area contributed by atoms with Crippen molar-refractivity contribution in [1.29, 1.82) is 0 Å². The van der Waals surface area contributed by atoms with Crippen LogP contribution in [0.2, 0.25) is 0 Å². The minimum atomic E-state index is -0.867. The average Bonchev–Trinajstić information content (AvgIpc) is 2.46. The molecule has 0 aliphatic heterocycles. The van der Waals surface area contributed by atoms with Crippen molar-refractivity contribution < 1.29 is 13.6 Å². The molecule has 2 aromatic rings. The summed E-state index contributed by atoms with van der Waals surface area (Å²) >= 11 is 0.919. The van der Waals surface area contributed by atoms with Crippen LogP contribution in [0.5, 0.6) is 0 Å². The van der Waals surface area contributed by atoms with Crippen LogP contribution in [0.3, 0.4) is 0 Å². The Morgan fingerprint density at radius 1 is 1.32 bits per heavy atom. The van der Waals surface area contributed by atoms with E-state index in [9.17, 15) is 18.4 Å². The molecule has 0 saturated heterocycles. The largest absolute Gasteiger partial charge is 0.320 e. The summed E-state index contributed by atoms with van der Waals surface area (Å²) < 4.78 is 26.9. The van der Waals surface area contributed by atoms with E-state index < -0.39 is 34.0 Å². The Balaban J connectivity index is 2.09. The lowest BCUT2D eigenvalue weighted by Crippen LogP contribution is -2.24. The fraction of sp³-hybridized carbons (Fsp3) is 0.231. The summed E-state index contributed by atoms with van der Waals surface area (Å²) in [6.07, 6.45) is 0. The third kappa shape index (κ3) is 3.67. The highest BCUT2D eigenvalue weighted by atomic mass is 32.2. The van der Waals surface area contributed by atoms with Crippen molar-refractivity contribution in [1.82, 2.24) is 15.2 Å². The smallest absolute Gasteiger partial charge is 0.273 e. The van der Waals surface area contributed by atoms with Gasteiger partial charge in [0.1, 0.15) is 23.0 Å². The highest BCUT2D eigenvalue weighted by molar-refractivity contribution is 8.00. The standard InChI is InChI=1S/C13H12F2N4O2S/c1-6-11(20)17-13(19-18-6)22-7(2)12(21)16-10-8(14)4-3-5-9(10)15/h3-5,7H,1-2H3,(H,16,21)(H,17,19,20). The maximum atomic E-state index is 13.5. The molecule has 1 atom stereocenters. The average molecular weight is 326 g/mol. The van der Waals surface area contributed by atoms with Gasteiger partial charge in [0.15, 0.2) is 5.16 Å². The molecule has 116 valence electrons. The Kier molecular flexibility index (Phi) is 4.86. The molecule has 0 saturated carbocycles. The lowest BCUT2D eigenvalue weighted by atomic mass is 10.3. The number of aromatic amines is 1. The summed E-state index contributed by atoms with van der Waals surface area (Å²) in [5.74, 6) is -2.36. The van der Waals surface area contributed by atoms with Crippen molar-refractivity contribution in [3.63, 3.8) is 0 Å². The molecular weight excluding hydrogens is 314 g/mol. The molecule has 2 rings (SSSR count). The number of carbonyl (C=O) groups is 1. The summed E-state index contributed by atoms with van der Waals surface area (Å²) in [6.45, 7) is 3.01. The highest BCUT2D eigenvalue weighted by Gasteiger charge is 2.19. The van der Waals surface area contributed by atoms with Gasteiger partial charge in [-0.2, -0.15) is 0 Å². The first kappa shape index (κ1) is 16.1. The summed E-state index contributed by atoms with van der Waals surface area (Å²) in [6, 6.07) is 3.28. The molecule has 1 aromatic heterocycles. The number of H-pyrrole nitrogens is 1. The number of anilines is 1. The van der Waals surface area contributed by atoms with E-state index in [4.69, 9.17) is 0 Å². The predicted molar refractivity (Wildman–Crippen MR) is 77.7 cm³/mol. The Bertz CT molecular complexity index is 746. The van der Waals surface area contributed by atoms with E-state index in [1.807, 2.05) is 0 Å². The van der Waals surface area contributed by atoms with Crippen molar-refractivity contribution in [3.05, 3.63) is 45.9 Å². The van der Waals surface area contributed by atoms with Crippen molar-refractivity contribution >= 4 is 23.4 Å². The lowest BCUT2D eigenvalue weighted by Gasteiger charge is -2.12. The van der Waals surface area contributed by atoms with Gasteiger partial charge in [0.2, 0.25) is 5.91 Å². The van der Waals surface area contributed by atoms with Gasteiger partial charge in [0.05, 0.1) is 5.25 Å². The zero-order valence-corrected chi connectivity index (χ0v) is 12.5. The van der Waals surface area contributed by atoms with Gasteiger partial charge < -0.3 is 5.32 Å². The van der Waals surface area contributed by atoms with Crippen molar-refractivity contribution in [3.8, 4) is 0 Å². The fourth-order valence-corrected chi connectivity index (χ4v) is 2.23. The minimum absolute atomic E-state index is 0.146. The van der Waals surface area contributed by atoms with Crippen LogP contribution in [0.4, 0.5) is 14.5 Å². The number of aryl methyl sites for hydroxylation is 1. The predicted octanol–water partition coefficient (Wildman–Crippen LogP) is 1.87. The van der Waals surface area contributed by atoms with Crippen LogP contribution in [-0.2, 0) is 4.79 Å². The number of para-hydroxylation sites is 1. The van der Waals surface area contributed by atoms with Gasteiger partial charge >= 0.3 is 0 Å². The summed E-state index contributed by atoms with van der Waals surface area (Å²) in [7, 11) is 0. The van der Waals surface area contributed by atoms with E-state index in [-0.39, 0.29) is 10.9 Å². The first-order valence-electron chi connectivity index (χ1n) is 6.23. The monoisotopic (exact) mass is 326 g/mol. The first-order valence-corrected chi connectivity index (χ1v) is 7.11. The number of thioether (sulfide) groups is 1. The zero-order valence-electron chi connectivity index (χ0n) is 11.7. The Hall–Kier alpha value is -2.29. The summed E-state index contributed by atoms with van der Waals surface area (Å²) in [4.78, 5) is 25.8. The molecular formula is C13H12F2N4O2S. The molecule has 0 aliphatic rings. The lowest BCUT2D eigenvalue weighted by molar-refractivity contribution is -0.115. The molecule has 0 fully saturated rings. The molecule has 2 N–H and O–H groups in total. The van der Waals surface area contributed by atoms with Crippen LogP contribution in [-0.4, -0.2) is 26.3 Å². The molecule has 0 spiro atoms. The number of amides is 1. The Labute approximate surface area is 128 Å². The zero-order chi connectivity index (χ0) is 16.3. The number of benzene rings is 1. The topological polar surface area (TPSA) is 87.7 Å². The number of nitrogens with zero attached hydrogens (tertiary/aromatic N) is 2. The molecule has 6 nitrogen and oxygen atoms in total. The van der Waals surface area contributed by atoms with E-state index in [0.717, 1.165) is 23.9 Å². The number of hydrogen-bond donors (Lipinski definition) is 2. The molecule has 22 heavy (non-hydrogen) atoms. The number of carbonyl (C=O) groups excluding carboxylic acids is 1. The summed E-state index contributed by atoms with van der Waals surface area (Å²) in [5.41, 5.74) is -0.719. The molecule has 1 unspecified atom stereocenters. The van der Waals surface area contributed by atoms with Crippen LogP contribution in [0.1, 0.15) is 12.6 Å². The third-order valence-corrected chi connectivity index (χ3v) is 3.68. The number of aromatic nitrogens is 3. The minimum Gasteiger partial charge on any atom is -0.320 e. The van der Waals surface area contributed by atoms with E-state index in [2.05, 4.69) is 20.5 Å². The van der Waals surface area contributed by atoms with Gasteiger partial charge in [0.25, 0.3) is 5.56 Å². The second-order valence-electron chi connectivity index (χ2n) is 4.39.